The Morgan fingerprint density at radius 1 is 1.11 bits per heavy atom. The number of hydrogen-bond acceptors (Lipinski definition) is 7. The van der Waals surface area contributed by atoms with Crippen molar-refractivity contribution >= 4 is 47.5 Å². The van der Waals surface area contributed by atoms with E-state index in [1.165, 1.54) is 41.9 Å². The van der Waals surface area contributed by atoms with Crippen molar-refractivity contribution in [3.05, 3.63) is 64.5 Å². The van der Waals surface area contributed by atoms with E-state index in [4.69, 9.17) is 0 Å². The van der Waals surface area contributed by atoms with Gasteiger partial charge in [-0.25, -0.2) is 8.78 Å². The summed E-state index contributed by atoms with van der Waals surface area (Å²) in [7, 11) is -2.78. The number of fused-ring (bicyclic) bond motifs is 3. The van der Waals surface area contributed by atoms with Crippen LogP contribution in [0.5, 0.6) is 0 Å². The first-order chi connectivity index (χ1) is 20.7. The number of pyridine rings is 1. The maximum atomic E-state index is 14.2. The summed E-state index contributed by atoms with van der Waals surface area (Å²) in [5, 5.41) is 3.55. The maximum Gasteiger partial charge on any atom is 0.262 e. The molecule has 5 N–H and O–H groups in total. The van der Waals surface area contributed by atoms with Crippen LogP contribution in [0.1, 0.15) is 69.0 Å². The summed E-state index contributed by atoms with van der Waals surface area (Å²) in [6.07, 6.45) is 6.58. The molecule has 4 fully saturated rings. The number of nitrogens with one attached hydrogen (secondary N) is 1. The fourth-order valence-electron chi connectivity index (χ4n) is 7.07. The van der Waals surface area contributed by atoms with Gasteiger partial charge < -0.3 is 30.4 Å². The molecule has 3 saturated heterocycles. The van der Waals surface area contributed by atoms with Crippen molar-refractivity contribution in [1.29, 1.82) is 0 Å². The molecule has 10 nitrogen and oxygen atoms in total. The highest BCUT2D eigenvalue weighted by molar-refractivity contribution is 7.45. The lowest BCUT2D eigenvalue weighted by Crippen LogP contribution is -2.59. The molecule has 2 aromatic heterocycles. The van der Waals surface area contributed by atoms with E-state index in [0.29, 0.717) is 53.6 Å². The predicted molar refractivity (Wildman–Crippen MR) is 166 cm³/mol. The smallest absolute Gasteiger partial charge is 0.262 e. The van der Waals surface area contributed by atoms with Gasteiger partial charge in [-0.15, -0.1) is 11.3 Å². The fourth-order valence-corrected chi connectivity index (χ4v) is 8.45. The molecule has 6 atom stereocenters. The minimum Gasteiger partial charge on any atom is -0.412 e. The number of likely N-dealkylation sites (tertiary alicyclic amines) is 1. The number of thiophene rings is 1. The zero-order chi connectivity index (χ0) is 30.0. The normalized spacial score (nSPS) is 27.1. The average molecular weight is 653 g/mol. The Labute approximate surface area is 261 Å². The topological polar surface area (TPSA) is 155 Å². The second-order valence-corrected chi connectivity index (χ2v) is 14.3. The second-order valence-electron chi connectivity index (χ2n) is 12.1. The molecule has 1 aliphatic carbocycles. The molecule has 14 heteroatoms. The van der Waals surface area contributed by atoms with Crippen molar-refractivity contribution in [2.75, 3.05) is 13.1 Å². The van der Waals surface area contributed by atoms with Gasteiger partial charge in [-0.1, -0.05) is 6.07 Å². The van der Waals surface area contributed by atoms with Gasteiger partial charge in [0, 0.05) is 52.0 Å². The van der Waals surface area contributed by atoms with Crippen molar-refractivity contribution < 1.29 is 42.7 Å². The molecule has 5 heterocycles. The van der Waals surface area contributed by atoms with Gasteiger partial charge >= 0.3 is 0 Å². The largest absolute Gasteiger partial charge is 0.412 e. The first kappa shape index (κ1) is 30.9. The molecule has 3 unspecified atom stereocenters. The van der Waals surface area contributed by atoms with Crippen LogP contribution in [-0.2, 0) is 9.59 Å². The van der Waals surface area contributed by atoms with Gasteiger partial charge in [-0.2, -0.15) is 0 Å². The van der Waals surface area contributed by atoms with Gasteiger partial charge in [0.1, 0.15) is 17.9 Å². The number of aromatic nitrogens is 1. The van der Waals surface area contributed by atoms with Crippen LogP contribution in [0, 0.1) is 17.7 Å². The maximum absolute atomic E-state index is 14.2. The van der Waals surface area contributed by atoms with Gasteiger partial charge in [0.15, 0.2) is 5.91 Å². The van der Waals surface area contributed by atoms with Gasteiger partial charge in [0.05, 0.1) is 4.88 Å². The molecule has 3 aromatic rings. The molecular weight excluding hydrogens is 613 g/mol. The van der Waals surface area contributed by atoms with Crippen molar-refractivity contribution in [2.24, 2.45) is 11.8 Å². The highest BCUT2D eigenvalue weighted by atomic mass is 32.1. The highest BCUT2D eigenvalue weighted by Gasteiger charge is 2.52. The Hall–Kier alpha value is -3.09. The molecule has 4 aliphatic rings. The Kier molecular flexibility index (Phi) is 8.44. The van der Waals surface area contributed by atoms with E-state index in [1.54, 1.807) is 21.9 Å². The zero-order valence-electron chi connectivity index (χ0n) is 23.6. The second kappa shape index (κ2) is 12.0. The van der Waals surface area contributed by atoms with E-state index in [2.05, 4.69) is 10.3 Å². The number of rotatable bonds is 6. The minimum absolute atomic E-state index is 0. The van der Waals surface area contributed by atoms with E-state index in [1.807, 2.05) is 0 Å². The van der Waals surface area contributed by atoms with Gasteiger partial charge in [-0.05, 0) is 79.2 Å². The van der Waals surface area contributed by atoms with Gasteiger partial charge in [0.2, 0.25) is 20.2 Å². The van der Waals surface area contributed by atoms with Crippen LogP contribution in [-0.4, -0.2) is 79.0 Å². The summed E-state index contributed by atoms with van der Waals surface area (Å²) in [5.41, 5.74) is 0.618. The Morgan fingerprint density at radius 2 is 1.89 bits per heavy atom. The standard InChI is InChI=1S/C30H31F2N4O5PS.H2O.3H2/c31-22-5-6-33-12-21(22)19-13-35(14-19)30(39)24-3-2-20-9-16-8-17(16)10-23(29(38)36(20)24)34-28(37)26-11-18-7-15(27(32)42(40)41)1-4-25(18)43-26;;;;/h1,4-7,11-12,16-17,19-20,23-24,27,40-41H,2-3,8-10,13-14H2,(H,34,37);1H2;3*1H/t16?,17?,20-,23+,24+,27?;;;;/m1..../s1. The van der Waals surface area contributed by atoms with Crippen LogP contribution in [0.25, 0.3) is 10.1 Å². The number of halogens is 2. The van der Waals surface area contributed by atoms with Gasteiger partial charge in [-0.3, -0.25) is 19.4 Å². The number of hydrogen-bond donors (Lipinski definition) is 3. The minimum atomic E-state index is -2.78. The van der Waals surface area contributed by atoms with E-state index < -0.39 is 32.3 Å². The zero-order valence-corrected chi connectivity index (χ0v) is 25.3. The van der Waals surface area contributed by atoms with Crippen molar-refractivity contribution in [2.45, 2.75) is 62.1 Å². The predicted octanol–water partition coefficient (Wildman–Crippen LogP) is 4.13. The summed E-state index contributed by atoms with van der Waals surface area (Å²) in [4.78, 5) is 67.4. The van der Waals surface area contributed by atoms with Crippen LogP contribution < -0.4 is 5.32 Å². The summed E-state index contributed by atoms with van der Waals surface area (Å²) >= 11 is 1.21. The average Bonchev–Trinajstić information content (AvgIpc) is 3.34. The monoisotopic (exact) mass is 652 g/mol. The lowest BCUT2D eigenvalue weighted by molar-refractivity contribution is -0.149. The first-order valence-corrected chi connectivity index (χ1v) is 16.7. The molecule has 3 amide bonds. The highest BCUT2D eigenvalue weighted by Crippen LogP contribution is 2.50. The summed E-state index contributed by atoms with van der Waals surface area (Å²) in [6, 6.07) is 6.12. The SMILES string of the molecule is O.O=C(N[C@H]1CC2CC2C[C@H]2CC[C@@H](C(=O)N3CC(c4cnccc4F)C3)N2C1=O)c1cc2cc(C(F)P(O)O)ccc2s1.[HH].[HH].[HH]. The third-order valence-electron chi connectivity index (χ3n) is 9.50. The number of carbonyl (C=O) groups excluding carboxylic acids is 3. The van der Waals surface area contributed by atoms with Crippen LogP contribution in [0.15, 0.2) is 42.7 Å². The quantitative estimate of drug-likeness (QED) is 0.341. The molecular formula is C30H39F2N4O6PS. The molecule has 3 aliphatic heterocycles. The Morgan fingerprint density at radius 3 is 2.64 bits per heavy atom. The molecule has 0 spiro atoms. The lowest BCUT2D eigenvalue weighted by atomic mass is 9.91. The molecule has 0 bridgehead atoms. The van der Waals surface area contributed by atoms with Crippen LogP contribution in [0.4, 0.5) is 8.78 Å². The van der Waals surface area contributed by atoms with E-state index in [-0.39, 0.29) is 44.9 Å². The number of alkyl halides is 1. The Balaban J connectivity index is 0.00000150. The molecule has 7 rings (SSSR count). The third kappa shape index (κ3) is 5.60. The number of amides is 3. The molecule has 0 radical (unpaired) electrons. The number of carbonyl (C=O) groups is 3. The summed E-state index contributed by atoms with van der Waals surface area (Å²) in [5.74, 6) is -2.32. The molecule has 44 heavy (non-hydrogen) atoms. The Bertz CT molecular complexity index is 1620. The molecule has 1 aromatic carbocycles. The first-order valence-electron chi connectivity index (χ1n) is 14.5. The van der Waals surface area contributed by atoms with Crippen LogP contribution in [0.3, 0.4) is 0 Å². The molecule has 240 valence electrons. The summed E-state index contributed by atoms with van der Waals surface area (Å²) in [6.45, 7) is 0.759. The van der Waals surface area contributed by atoms with Crippen molar-refractivity contribution in [1.82, 2.24) is 20.1 Å². The van der Waals surface area contributed by atoms with E-state index in [9.17, 15) is 33.0 Å². The van der Waals surface area contributed by atoms with Crippen LogP contribution >= 0.6 is 19.7 Å². The van der Waals surface area contributed by atoms with Crippen molar-refractivity contribution in [3.63, 3.8) is 0 Å². The number of benzene rings is 1. The van der Waals surface area contributed by atoms with Gasteiger partial charge in [0.25, 0.3) is 5.91 Å². The van der Waals surface area contributed by atoms with Crippen molar-refractivity contribution in [3.8, 4) is 0 Å². The molecule has 1 saturated carbocycles. The van der Waals surface area contributed by atoms with Crippen LogP contribution in [0.2, 0.25) is 0 Å². The van der Waals surface area contributed by atoms with E-state index >= 15 is 0 Å². The lowest BCUT2D eigenvalue weighted by Gasteiger charge is -2.43. The third-order valence-corrected chi connectivity index (χ3v) is 11.3. The summed E-state index contributed by atoms with van der Waals surface area (Å²) < 4.78 is 29.1. The fraction of sp³-hybridized carbons (Fsp3) is 0.467. The van der Waals surface area contributed by atoms with E-state index in [0.717, 1.165) is 24.0 Å². The number of nitrogens with zero attached hydrogens (tertiary/aromatic N) is 3.